The van der Waals surface area contributed by atoms with Crippen LogP contribution >= 0.6 is 0 Å². The van der Waals surface area contributed by atoms with Crippen molar-refractivity contribution in [2.75, 3.05) is 23.3 Å². The Bertz CT molecular complexity index is 746. The van der Waals surface area contributed by atoms with Gasteiger partial charge in [-0.05, 0) is 41.3 Å². The molecule has 0 saturated carbocycles. The van der Waals surface area contributed by atoms with Gasteiger partial charge < -0.3 is 10.2 Å². The molecular formula is C21H24N2O. The van der Waals surface area contributed by atoms with Crippen LogP contribution in [0.2, 0.25) is 0 Å². The molecule has 0 saturated heterocycles. The lowest BCUT2D eigenvalue weighted by Gasteiger charge is -2.23. The molecule has 1 N–H and O–H groups in total. The maximum atomic E-state index is 12.6. The fraction of sp³-hybridized carbons (Fsp3) is 0.286. The normalized spacial score (nSPS) is 14.0. The zero-order chi connectivity index (χ0) is 17.2. The summed E-state index contributed by atoms with van der Waals surface area (Å²) in [5.74, 6) is -0.0715. The van der Waals surface area contributed by atoms with Crippen molar-refractivity contribution in [3.63, 3.8) is 0 Å². The van der Waals surface area contributed by atoms with E-state index in [-0.39, 0.29) is 11.3 Å². The fourth-order valence-corrected chi connectivity index (χ4v) is 2.95. The molecule has 0 fully saturated rings. The van der Waals surface area contributed by atoms with E-state index >= 15 is 0 Å². The van der Waals surface area contributed by atoms with Crippen molar-refractivity contribution in [3.05, 3.63) is 71.8 Å². The van der Waals surface area contributed by atoms with Crippen LogP contribution in [-0.2, 0) is 5.41 Å². The molecule has 1 aliphatic rings. The van der Waals surface area contributed by atoms with E-state index in [0.29, 0.717) is 5.56 Å². The molecule has 0 atom stereocenters. The lowest BCUT2D eigenvalue weighted by Crippen LogP contribution is -2.20. The molecule has 0 aliphatic carbocycles. The molecule has 1 aliphatic heterocycles. The van der Waals surface area contributed by atoms with Crippen molar-refractivity contribution in [2.45, 2.75) is 26.2 Å². The largest absolute Gasteiger partial charge is 0.364 e. The van der Waals surface area contributed by atoms with E-state index in [9.17, 15) is 4.79 Å². The third-order valence-electron chi connectivity index (χ3n) is 4.30. The fourth-order valence-electron chi connectivity index (χ4n) is 2.95. The van der Waals surface area contributed by atoms with Gasteiger partial charge in [0.25, 0.3) is 5.91 Å². The molecule has 2 aromatic rings. The quantitative estimate of drug-likeness (QED) is 0.837. The summed E-state index contributed by atoms with van der Waals surface area (Å²) in [5.41, 5.74) is 3.82. The van der Waals surface area contributed by atoms with Crippen LogP contribution in [-0.4, -0.2) is 19.0 Å². The van der Waals surface area contributed by atoms with Crippen molar-refractivity contribution in [3.8, 4) is 0 Å². The van der Waals surface area contributed by atoms with Crippen LogP contribution in [0, 0.1) is 0 Å². The molecule has 3 nitrogen and oxygen atoms in total. The Hall–Kier alpha value is -2.55. The summed E-state index contributed by atoms with van der Waals surface area (Å²) in [6, 6.07) is 15.8. The van der Waals surface area contributed by atoms with Crippen molar-refractivity contribution in [1.29, 1.82) is 0 Å². The average Bonchev–Trinajstić information content (AvgIpc) is 3.09. The average molecular weight is 320 g/mol. The van der Waals surface area contributed by atoms with Crippen LogP contribution in [0.4, 0.5) is 11.4 Å². The molecule has 1 amide bonds. The molecule has 3 heteroatoms. The zero-order valence-corrected chi connectivity index (χ0v) is 14.5. The highest BCUT2D eigenvalue weighted by molar-refractivity contribution is 6.04. The van der Waals surface area contributed by atoms with Crippen LogP contribution in [0.25, 0.3) is 0 Å². The predicted molar refractivity (Wildman–Crippen MR) is 101 cm³/mol. The number of nitrogens with zero attached hydrogens (tertiary/aromatic N) is 1. The Labute approximate surface area is 144 Å². The summed E-state index contributed by atoms with van der Waals surface area (Å²) in [6.07, 6.45) is 4.31. The van der Waals surface area contributed by atoms with E-state index in [1.165, 1.54) is 0 Å². The molecular weight excluding hydrogens is 296 g/mol. The lowest BCUT2D eigenvalue weighted by atomic mass is 9.86. The SMILES string of the molecule is CC(C)(C)c1ccccc1NC(=O)c1ccc(N2CC=CC2)cc1. The van der Waals surface area contributed by atoms with E-state index < -0.39 is 0 Å². The highest BCUT2D eigenvalue weighted by atomic mass is 16.1. The highest BCUT2D eigenvalue weighted by Gasteiger charge is 2.19. The minimum atomic E-state index is -0.0715. The number of anilines is 2. The standard InChI is InChI=1S/C21H24N2O/c1-21(2,3)18-8-4-5-9-19(18)22-20(24)16-10-12-17(13-11-16)23-14-6-7-15-23/h4-13H,14-15H2,1-3H3,(H,22,24). The van der Waals surface area contributed by atoms with Gasteiger partial charge in [-0.3, -0.25) is 4.79 Å². The van der Waals surface area contributed by atoms with Gasteiger partial charge in [0.2, 0.25) is 0 Å². The first-order valence-electron chi connectivity index (χ1n) is 8.36. The number of rotatable bonds is 3. The third kappa shape index (κ3) is 3.51. The van der Waals surface area contributed by atoms with Crippen molar-refractivity contribution in [1.82, 2.24) is 0 Å². The summed E-state index contributed by atoms with van der Waals surface area (Å²) in [4.78, 5) is 14.8. The Morgan fingerprint density at radius 2 is 1.58 bits per heavy atom. The van der Waals surface area contributed by atoms with Crippen LogP contribution in [0.3, 0.4) is 0 Å². The number of carbonyl (C=O) groups is 1. The van der Waals surface area contributed by atoms with E-state index in [1.54, 1.807) is 0 Å². The molecule has 2 aromatic carbocycles. The summed E-state index contributed by atoms with van der Waals surface area (Å²) >= 11 is 0. The Balaban J connectivity index is 1.76. The molecule has 0 unspecified atom stereocenters. The van der Waals surface area contributed by atoms with Crippen molar-refractivity contribution >= 4 is 17.3 Å². The zero-order valence-electron chi connectivity index (χ0n) is 14.5. The second kappa shape index (κ2) is 6.52. The van der Waals surface area contributed by atoms with E-state index in [1.807, 2.05) is 42.5 Å². The maximum absolute atomic E-state index is 12.6. The summed E-state index contributed by atoms with van der Waals surface area (Å²) in [5, 5.41) is 3.06. The Morgan fingerprint density at radius 3 is 2.21 bits per heavy atom. The first-order valence-corrected chi connectivity index (χ1v) is 8.36. The lowest BCUT2D eigenvalue weighted by molar-refractivity contribution is 0.102. The molecule has 0 aromatic heterocycles. The Morgan fingerprint density at radius 1 is 0.958 bits per heavy atom. The summed E-state index contributed by atoms with van der Waals surface area (Å²) < 4.78 is 0. The molecule has 3 rings (SSSR count). The van der Waals surface area contributed by atoms with E-state index in [0.717, 1.165) is 30.0 Å². The topological polar surface area (TPSA) is 32.3 Å². The smallest absolute Gasteiger partial charge is 0.255 e. The van der Waals surface area contributed by atoms with Crippen LogP contribution < -0.4 is 10.2 Å². The van der Waals surface area contributed by atoms with Crippen LogP contribution in [0.15, 0.2) is 60.7 Å². The number of para-hydroxylation sites is 1. The molecule has 24 heavy (non-hydrogen) atoms. The minimum Gasteiger partial charge on any atom is -0.364 e. The monoisotopic (exact) mass is 320 g/mol. The molecule has 0 bridgehead atoms. The number of amides is 1. The number of nitrogens with one attached hydrogen (secondary N) is 1. The van der Waals surface area contributed by atoms with Crippen molar-refractivity contribution < 1.29 is 4.79 Å². The van der Waals surface area contributed by atoms with Gasteiger partial charge in [0.05, 0.1) is 0 Å². The number of hydrogen-bond acceptors (Lipinski definition) is 2. The number of hydrogen-bond donors (Lipinski definition) is 1. The van der Waals surface area contributed by atoms with Gasteiger partial charge in [-0.15, -0.1) is 0 Å². The van der Waals surface area contributed by atoms with Gasteiger partial charge in [0.15, 0.2) is 0 Å². The second-order valence-electron chi connectivity index (χ2n) is 7.17. The first-order chi connectivity index (χ1) is 11.4. The molecule has 124 valence electrons. The Kier molecular flexibility index (Phi) is 4.43. The number of benzene rings is 2. The highest BCUT2D eigenvalue weighted by Crippen LogP contribution is 2.29. The van der Waals surface area contributed by atoms with Gasteiger partial charge in [0.1, 0.15) is 0 Å². The molecule has 0 radical (unpaired) electrons. The van der Waals surface area contributed by atoms with E-state index in [4.69, 9.17) is 0 Å². The van der Waals surface area contributed by atoms with Gasteiger partial charge in [-0.2, -0.15) is 0 Å². The molecule has 1 heterocycles. The molecule has 0 spiro atoms. The van der Waals surface area contributed by atoms with Gasteiger partial charge in [-0.1, -0.05) is 51.1 Å². The maximum Gasteiger partial charge on any atom is 0.255 e. The van der Waals surface area contributed by atoms with Gasteiger partial charge >= 0.3 is 0 Å². The third-order valence-corrected chi connectivity index (χ3v) is 4.30. The summed E-state index contributed by atoms with van der Waals surface area (Å²) in [7, 11) is 0. The van der Waals surface area contributed by atoms with E-state index in [2.05, 4.69) is 49.2 Å². The predicted octanol–water partition coefficient (Wildman–Crippen LogP) is 4.61. The summed E-state index contributed by atoms with van der Waals surface area (Å²) in [6.45, 7) is 8.32. The second-order valence-corrected chi connectivity index (χ2v) is 7.17. The van der Waals surface area contributed by atoms with Gasteiger partial charge in [0, 0.05) is 30.0 Å². The van der Waals surface area contributed by atoms with Crippen LogP contribution in [0.5, 0.6) is 0 Å². The van der Waals surface area contributed by atoms with Gasteiger partial charge in [-0.25, -0.2) is 0 Å². The minimum absolute atomic E-state index is 0.0174. The number of carbonyl (C=O) groups excluding carboxylic acids is 1. The van der Waals surface area contributed by atoms with Crippen molar-refractivity contribution in [2.24, 2.45) is 0 Å². The first kappa shape index (κ1) is 16.3. The van der Waals surface area contributed by atoms with Crippen LogP contribution in [0.1, 0.15) is 36.7 Å².